The van der Waals surface area contributed by atoms with Gasteiger partial charge in [0.1, 0.15) is 0 Å². The Morgan fingerprint density at radius 2 is 1.79 bits per heavy atom. The van der Waals surface area contributed by atoms with Gasteiger partial charge in [0.25, 0.3) is 5.91 Å². The molecule has 1 aromatic carbocycles. The molecule has 0 bridgehead atoms. The molecule has 0 unspecified atom stereocenters. The topological polar surface area (TPSA) is 119 Å². The number of nitrogen functional groups attached to an aromatic ring is 1. The normalized spacial score (nSPS) is 9.74. The Morgan fingerprint density at radius 3 is 2.32 bits per heavy atom. The van der Waals surface area contributed by atoms with E-state index in [1.165, 1.54) is 7.05 Å². The van der Waals surface area contributed by atoms with Gasteiger partial charge in [0.2, 0.25) is 11.8 Å². The third kappa shape index (κ3) is 4.66. The van der Waals surface area contributed by atoms with Crippen molar-refractivity contribution >= 4 is 23.4 Å². The Balaban J connectivity index is 2.48. The molecule has 0 aromatic heterocycles. The first kappa shape index (κ1) is 14.5. The number of primary amides is 1. The molecule has 1 rings (SSSR count). The predicted octanol–water partition coefficient (Wildman–Crippen LogP) is -1.06. The van der Waals surface area contributed by atoms with Gasteiger partial charge in [0.15, 0.2) is 0 Å². The van der Waals surface area contributed by atoms with E-state index in [1.807, 2.05) is 0 Å². The van der Waals surface area contributed by atoms with Crippen molar-refractivity contribution in [1.29, 1.82) is 0 Å². The number of hydrogen-bond acceptors (Lipinski definition) is 4. The average molecular weight is 264 g/mol. The summed E-state index contributed by atoms with van der Waals surface area (Å²) in [7, 11) is 1.43. The van der Waals surface area contributed by atoms with Crippen molar-refractivity contribution in [3.05, 3.63) is 29.8 Å². The second kappa shape index (κ2) is 6.39. The monoisotopic (exact) mass is 264 g/mol. The van der Waals surface area contributed by atoms with Crippen molar-refractivity contribution in [1.82, 2.24) is 10.2 Å². The Labute approximate surface area is 110 Å². The van der Waals surface area contributed by atoms with Crippen molar-refractivity contribution in [2.45, 2.75) is 0 Å². The largest absolute Gasteiger partial charge is 0.399 e. The first-order valence-corrected chi connectivity index (χ1v) is 5.56. The molecule has 0 saturated heterocycles. The molecular weight excluding hydrogens is 248 g/mol. The van der Waals surface area contributed by atoms with Gasteiger partial charge in [-0.05, 0) is 24.3 Å². The summed E-state index contributed by atoms with van der Waals surface area (Å²) in [6, 6.07) is 6.30. The molecule has 7 nitrogen and oxygen atoms in total. The second-order valence-electron chi connectivity index (χ2n) is 4.02. The summed E-state index contributed by atoms with van der Waals surface area (Å²) in [5.74, 6) is -1.40. The molecule has 102 valence electrons. The number of benzene rings is 1. The second-order valence-corrected chi connectivity index (χ2v) is 4.02. The number of carbonyl (C=O) groups is 3. The van der Waals surface area contributed by atoms with Crippen LogP contribution >= 0.6 is 0 Å². The lowest BCUT2D eigenvalue weighted by Gasteiger charge is -2.15. The van der Waals surface area contributed by atoms with E-state index in [9.17, 15) is 14.4 Å². The Morgan fingerprint density at radius 1 is 1.21 bits per heavy atom. The minimum atomic E-state index is -0.610. The molecule has 19 heavy (non-hydrogen) atoms. The quantitative estimate of drug-likeness (QED) is 0.587. The van der Waals surface area contributed by atoms with Crippen molar-refractivity contribution in [3.63, 3.8) is 0 Å². The van der Waals surface area contributed by atoms with Crippen molar-refractivity contribution in [2.24, 2.45) is 5.73 Å². The van der Waals surface area contributed by atoms with Gasteiger partial charge >= 0.3 is 0 Å². The van der Waals surface area contributed by atoms with E-state index in [0.29, 0.717) is 11.3 Å². The molecule has 5 N–H and O–H groups in total. The zero-order valence-corrected chi connectivity index (χ0v) is 10.6. The molecule has 0 spiro atoms. The molecule has 0 fully saturated rings. The number of anilines is 1. The number of nitrogens with zero attached hydrogens (tertiary/aromatic N) is 1. The Bertz CT molecular complexity index is 484. The molecule has 1 aromatic rings. The number of nitrogens with one attached hydrogen (secondary N) is 1. The highest BCUT2D eigenvalue weighted by molar-refractivity contribution is 5.97. The van der Waals surface area contributed by atoms with Gasteiger partial charge in [0, 0.05) is 18.3 Å². The predicted molar refractivity (Wildman–Crippen MR) is 70.0 cm³/mol. The lowest BCUT2D eigenvalue weighted by atomic mass is 10.2. The number of nitrogens with two attached hydrogens (primary N) is 2. The number of carbonyl (C=O) groups excluding carboxylic acids is 3. The Kier molecular flexibility index (Phi) is 4.87. The lowest BCUT2D eigenvalue weighted by Crippen LogP contribution is -2.41. The number of amides is 3. The minimum Gasteiger partial charge on any atom is -0.399 e. The lowest BCUT2D eigenvalue weighted by molar-refractivity contribution is -0.132. The van der Waals surface area contributed by atoms with E-state index in [-0.39, 0.29) is 19.0 Å². The summed E-state index contributed by atoms with van der Waals surface area (Å²) in [5.41, 5.74) is 11.4. The van der Waals surface area contributed by atoms with E-state index in [1.54, 1.807) is 24.3 Å². The van der Waals surface area contributed by atoms with Gasteiger partial charge in [-0.3, -0.25) is 14.4 Å². The van der Waals surface area contributed by atoms with Crippen LogP contribution in [0.25, 0.3) is 0 Å². The fourth-order valence-electron chi connectivity index (χ4n) is 1.35. The standard InChI is InChI=1S/C12H16N4O3/c1-16(7-10(14)17)11(18)6-15-12(19)8-2-4-9(13)5-3-8/h2-5H,6-7,13H2,1H3,(H2,14,17)(H,15,19). The molecule has 0 aliphatic heterocycles. The van der Waals surface area contributed by atoms with Crippen LogP contribution in [0.4, 0.5) is 5.69 Å². The molecule has 0 radical (unpaired) electrons. The highest BCUT2D eigenvalue weighted by Crippen LogP contribution is 2.04. The van der Waals surface area contributed by atoms with Crippen LogP contribution in [0.5, 0.6) is 0 Å². The maximum atomic E-state index is 11.7. The van der Waals surface area contributed by atoms with Gasteiger partial charge in [0.05, 0.1) is 13.1 Å². The summed E-state index contributed by atoms with van der Waals surface area (Å²) < 4.78 is 0. The molecule has 0 atom stereocenters. The maximum Gasteiger partial charge on any atom is 0.251 e. The molecule has 0 aliphatic rings. The fourth-order valence-corrected chi connectivity index (χ4v) is 1.35. The van der Waals surface area contributed by atoms with Gasteiger partial charge in [-0.25, -0.2) is 0 Å². The molecule has 0 aliphatic carbocycles. The maximum absolute atomic E-state index is 11.7. The van der Waals surface area contributed by atoms with Crippen LogP contribution in [0, 0.1) is 0 Å². The van der Waals surface area contributed by atoms with E-state index in [4.69, 9.17) is 11.5 Å². The summed E-state index contributed by atoms with van der Waals surface area (Å²) in [6.45, 7) is -0.385. The molecular formula is C12H16N4O3. The van der Waals surface area contributed by atoms with E-state index in [2.05, 4.69) is 5.32 Å². The van der Waals surface area contributed by atoms with Crippen LogP contribution in [0.3, 0.4) is 0 Å². The van der Waals surface area contributed by atoms with Crippen molar-refractivity contribution in [3.8, 4) is 0 Å². The van der Waals surface area contributed by atoms with E-state index >= 15 is 0 Å². The number of rotatable bonds is 5. The van der Waals surface area contributed by atoms with Crippen molar-refractivity contribution < 1.29 is 14.4 Å². The van der Waals surface area contributed by atoms with E-state index in [0.717, 1.165) is 4.90 Å². The summed E-state index contributed by atoms with van der Waals surface area (Å²) >= 11 is 0. The fraction of sp³-hybridized carbons (Fsp3) is 0.250. The average Bonchev–Trinajstić information content (AvgIpc) is 2.35. The van der Waals surface area contributed by atoms with Gasteiger partial charge in [-0.1, -0.05) is 0 Å². The van der Waals surface area contributed by atoms with E-state index < -0.39 is 11.8 Å². The SMILES string of the molecule is CN(CC(N)=O)C(=O)CNC(=O)c1ccc(N)cc1. The molecule has 0 saturated carbocycles. The van der Waals surface area contributed by atoms with Crippen molar-refractivity contribution in [2.75, 3.05) is 25.9 Å². The smallest absolute Gasteiger partial charge is 0.251 e. The minimum absolute atomic E-state index is 0.184. The van der Waals surface area contributed by atoms with Gasteiger partial charge < -0.3 is 21.7 Å². The van der Waals surface area contributed by atoms with Crippen LogP contribution in [-0.4, -0.2) is 42.8 Å². The van der Waals surface area contributed by atoms with Gasteiger partial charge in [-0.2, -0.15) is 0 Å². The number of hydrogen-bond donors (Lipinski definition) is 3. The van der Waals surface area contributed by atoms with Crippen LogP contribution in [0.15, 0.2) is 24.3 Å². The number of likely N-dealkylation sites (N-methyl/N-ethyl adjacent to an activating group) is 1. The highest BCUT2D eigenvalue weighted by atomic mass is 16.2. The van der Waals surface area contributed by atoms with Gasteiger partial charge in [-0.15, -0.1) is 0 Å². The summed E-state index contributed by atoms with van der Waals surface area (Å²) in [4.78, 5) is 35.0. The molecule has 7 heteroatoms. The van der Waals surface area contributed by atoms with Crippen LogP contribution < -0.4 is 16.8 Å². The van der Waals surface area contributed by atoms with Crippen LogP contribution in [0.2, 0.25) is 0 Å². The zero-order chi connectivity index (χ0) is 14.4. The third-order valence-electron chi connectivity index (χ3n) is 2.39. The van der Waals surface area contributed by atoms with Crippen LogP contribution in [0.1, 0.15) is 10.4 Å². The zero-order valence-electron chi connectivity index (χ0n) is 10.6. The summed E-state index contributed by atoms with van der Waals surface area (Å²) in [5, 5.41) is 2.45. The van der Waals surface area contributed by atoms with Crippen LogP contribution in [-0.2, 0) is 9.59 Å². The third-order valence-corrected chi connectivity index (χ3v) is 2.39. The highest BCUT2D eigenvalue weighted by Gasteiger charge is 2.12. The molecule has 0 heterocycles. The molecule has 3 amide bonds. The Hall–Kier alpha value is -2.57. The summed E-state index contributed by atoms with van der Waals surface area (Å²) in [6.07, 6.45) is 0. The first-order valence-electron chi connectivity index (χ1n) is 5.56. The first-order chi connectivity index (χ1) is 8.90.